The molecule has 0 aromatic heterocycles. The normalized spacial score (nSPS) is 15.1. The van der Waals surface area contributed by atoms with Crippen molar-refractivity contribution < 1.29 is 21.6 Å². The van der Waals surface area contributed by atoms with Crippen LogP contribution in [0.25, 0.3) is 0 Å². The summed E-state index contributed by atoms with van der Waals surface area (Å²) in [6.45, 7) is 2.10. The first kappa shape index (κ1) is 22.8. The molecule has 1 aliphatic rings. The number of sulfonamides is 2. The number of carbonyl (C=O) groups excluding carboxylic acids is 1. The quantitative estimate of drug-likeness (QED) is 0.341. The molecular weight excluding hydrogens is 464 g/mol. The minimum Gasteiger partial charge on any atom is -0.331 e. The van der Waals surface area contributed by atoms with Crippen LogP contribution >= 0.6 is 12.2 Å². The van der Waals surface area contributed by atoms with Gasteiger partial charge < -0.3 is 10.2 Å². The van der Waals surface area contributed by atoms with Gasteiger partial charge in [-0.15, -0.1) is 0 Å². The molecule has 0 saturated heterocycles. The second kappa shape index (κ2) is 8.32. The van der Waals surface area contributed by atoms with Crippen molar-refractivity contribution in [3.05, 3.63) is 48.0 Å². The Bertz CT molecular complexity index is 1320. The smallest absolute Gasteiger partial charge is 0.279 e. The number of carbonyl (C=O) groups is 1. The molecule has 0 bridgehead atoms. The van der Waals surface area contributed by atoms with Crippen LogP contribution in [0.5, 0.6) is 0 Å². The van der Waals surface area contributed by atoms with Crippen molar-refractivity contribution in [2.45, 2.75) is 16.7 Å². The summed E-state index contributed by atoms with van der Waals surface area (Å²) in [4.78, 5) is 13.9. The van der Waals surface area contributed by atoms with E-state index in [1.807, 2.05) is 0 Å². The van der Waals surface area contributed by atoms with Crippen LogP contribution in [0.4, 0.5) is 11.4 Å². The van der Waals surface area contributed by atoms with Crippen molar-refractivity contribution in [1.29, 1.82) is 0 Å². The van der Waals surface area contributed by atoms with Crippen LogP contribution < -0.4 is 25.9 Å². The standard InChI is InChI=1S/C17H18N6O5S3/c1-2-23-14-7-6-12(31(19,27)28)9-13(14)15(16(23)24)21-22-17(29)20-10-4-3-5-11(8-10)30(18,25)26/h3-9H,2H2,1H3,(H2,18,25,26)(H2,19,27,28)(H2,20,22,29). The zero-order valence-corrected chi connectivity index (χ0v) is 18.5. The van der Waals surface area contributed by atoms with E-state index in [0.717, 1.165) is 0 Å². The van der Waals surface area contributed by atoms with Gasteiger partial charge >= 0.3 is 0 Å². The van der Waals surface area contributed by atoms with E-state index < -0.39 is 26.0 Å². The molecule has 1 aliphatic heterocycles. The average Bonchev–Trinajstić information content (AvgIpc) is 2.95. The van der Waals surface area contributed by atoms with Gasteiger partial charge in [-0.25, -0.2) is 27.1 Å². The second-order valence-electron chi connectivity index (χ2n) is 6.37. The van der Waals surface area contributed by atoms with Gasteiger partial charge in [-0.05, 0) is 55.5 Å². The molecule has 0 saturated carbocycles. The van der Waals surface area contributed by atoms with Crippen LogP contribution in [-0.2, 0) is 24.8 Å². The summed E-state index contributed by atoms with van der Waals surface area (Å²) in [5.41, 5.74) is 3.55. The summed E-state index contributed by atoms with van der Waals surface area (Å²) >= 11 is 5.14. The number of hydrogen-bond acceptors (Lipinski definition) is 7. The lowest BCUT2D eigenvalue weighted by molar-refractivity contribution is -0.112. The maximum atomic E-state index is 12.7. The molecule has 1 heterocycles. The molecule has 14 heteroatoms. The van der Waals surface area contributed by atoms with Gasteiger partial charge in [0.05, 0.1) is 15.5 Å². The molecule has 0 aliphatic carbocycles. The fraction of sp³-hybridized carbons (Fsp3) is 0.118. The van der Waals surface area contributed by atoms with Gasteiger partial charge in [0.2, 0.25) is 20.0 Å². The Labute approximate surface area is 184 Å². The van der Waals surface area contributed by atoms with Gasteiger partial charge in [0.15, 0.2) is 10.8 Å². The lowest BCUT2D eigenvalue weighted by Crippen LogP contribution is -2.32. The largest absolute Gasteiger partial charge is 0.331 e. The van der Waals surface area contributed by atoms with Gasteiger partial charge in [-0.2, -0.15) is 5.10 Å². The van der Waals surface area contributed by atoms with Crippen LogP contribution in [0.1, 0.15) is 12.5 Å². The number of nitrogens with one attached hydrogen (secondary N) is 2. The van der Waals surface area contributed by atoms with Crippen molar-refractivity contribution in [2.75, 3.05) is 16.8 Å². The third kappa shape index (κ3) is 4.88. The Hall–Kier alpha value is -2.91. The predicted molar refractivity (Wildman–Crippen MR) is 120 cm³/mol. The molecule has 164 valence electrons. The maximum Gasteiger partial charge on any atom is 0.279 e. The molecule has 31 heavy (non-hydrogen) atoms. The molecule has 0 spiro atoms. The van der Waals surface area contributed by atoms with Crippen LogP contribution in [0.2, 0.25) is 0 Å². The Balaban J connectivity index is 1.87. The Morgan fingerprint density at radius 2 is 1.71 bits per heavy atom. The van der Waals surface area contributed by atoms with Gasteiger partial charge in [0, 0.05) is 17.8 Å². The molecule has 1 amide bonds. The summed E-state index contributed by atoms with van der Waals surface area (Å²) < 4.78 is 46.3. The van der Waals surface area contributed by atoms with Crippen molar-refractivity contribution in [3.8, 4) is 0 Å². The van der Waals surface area contributed by atoms with Crippen molar-refractivity contribution in [3.63, 3.8) is 0 Å². The number of benzene rings is 2. The number of hydrogen-bond donors (Lipinski definition) is 4. The molecular formula is C17H18N6O5S3. The fourth-order valence-corrected chi connectivity index (χ4v) is 4.17. The number of likely N-dealkylation sites (N-methyl/N-ethyl adjacent to an activating group) is 1. The summed E-state index contributed by atoms with van der Waals surface area (Å²) in [7, 11) is -7.87. The van der Waals surface area contributed by atoms with Crippen LogP contribution in [0.3, 0.4) is 0 Å². The molecule has 2 aromatic rings. The third-order valence-electron chi connectivity index (χ3n) is 4.30. The molecule has 3 rings (SSSR count). The van der Waals surface area contributed by atoms with E-state index in [2.05, 4.69) is 15.8 Å². The number of primary sulfonamides is 2. The van der Waals surface area contributed by atoms with E-state index in [1.54, 1.807) is 13.0 Å². The maximum absolute atomic E-state index is 12.7. The van der Waals surface area contributed by atoms with E-state index in [-0.39, 0.29) is 26.2 Å². The number of nitrogens with two attached hydrogens (primary N) is 2. The summed E-state index contributed by atoms with van der Waals surface area (Å²) in [6.07, 6.45) is 0. The molecule has 6 N–H and O–H groups in total. The number of thiocarbonyl (C=S) groups is 1. The van der Waals surface area contributed by atoms with E-state index in [1.165, 1.54) is 41.3 Å². The summed E-state index contributed by atoms with van der Waals surface area (Å²) in [5, 5.41) is 17.0. The van der Waals surface area contributed by atoms with Crippen LogP contribution in [0, 0.1) is 0 Å². The van der Waals surface area contributed by atoms with Gasteiger partial charge in [-0.3, -0.25) is 10.2 Å². The minimum atomic E-state index is -3.98. The summed E-state index contributed by atoms with van der Waals surface area (Å²) in [5.74, 6) is -0.449. The Morgan fingerprint density at radius 3 is 2.32 bits per heavy atom. The molecule has 11 nitrogen and oxygen atoms in total. The molecule has 0 radical (unpaired) electrons. The number of nitrogens with zero attached hydrogens (tertiary/aromatic N) is 2. The van der Waals surface area contributed by atoms with E-state index in [9.17, 15) is 21.6 Å². The first-order valence-corrected chi connectivity index (χ1v) is 12.2. The highest BCUT2D eigenvalue weighted by Gasteiger charge is 2.34. The van der Waals surface area contributed by atoms with Crippen molar-refractivity contribution >= 4 is 60.4 Å². The van der Waals surface area contributed by atoms with Gasteiger partial charge in [-0.1, -0.05) is 6.07 Å². The zero-order valence-electron chi connectivity index (χ0n) is 16.1. The van der Waals surface area contributed by atoms with Gasteiger partial charge in [0.1, 0.15) is 0 Å². The monoisotopic (exact) mass is 482 g/mol. The number of hydrazone groups is 1. The predicted octanol–water partition coefficient (Wildman–Crippen LogP) is 0.0386. The van der Waals surface area contributed by atoms with Crippen molar-refractivity contribution in [1.82, 2.24) is 5.43 Å². The SMILES string of the molecule is CCN1C(=O)C(=NNC(=S)Nc2cccc(S(N)(=O)=O)c2)c2cc(S(N)(=O)=O)ccc21. The fourth-order valence-electron chi connectivity index (χ4n) is 2.91. The van der Waals surface area contributed by atoms with E-state index >= 15 is 0 Å². The van der Waals surface area contributed by atoms with Crippen LogP contribution in [-0.4, -0.2) is 40.1 Å². The topological polar surface area (TPSA) is 177 Å². The number of rotatable bonds is 5. The highest BCUT2D eigenvalue weighted by molar-refractivity contribution is 7.89. The molecule has 0 fully saturated rings. The van der Waals surface area contributed by atoms with Crippen molar-refractivity contribution in [2.24, 2.45) is 15.4 Å². The van der Waals surface area contributed by atoms with Gasteiger partial charge in [0.25, 0.3) is 5.91 Å². The molecule has 0 unspecified atom stereocenters. The second-order valence-corrected chi connectivity index (χ2v) is 9.90. The first-order chi connectivity index (χ1) is 14.4. The van der Waals surface area contributed by atoms with Crippen LogP contribution in [0.15, 0.2) is 57.4 Å². The zero-order chi connectivity index (χ0) is 23.0. The Morgan fingerprint density at radius 1 is 1.06 bits per heavy atom. The average molecular weight is 483 g/mol. The molecule has 2 aromatic carbocycles. The highest BCUT2D eigenvalue weighted by atomic mass is 32.2. The summed E-state index contributed by atoms with van der Waals surface area (Å²) in [6, 6.07) is 9.70. The van der Waals surface area contributed by atoms with E-state index in [0.29, 0.717) is 17.9 Å². The first-order valence-electron chi connectivity index (χ1n) is 8.68. The van der Waals surface area contributed by atoms with E-state index in [4.69, 9.17) is 22.5 Å². The minimum absolute atomic E-state index is 0.0361. The lowest BCUT2D eigenvalue weighted by Gasteiger charge is -2.13. The Kier molecular flexibility index (Phi) is 6.11. The third-order valence-corrected chi connectivity index (χ3v) is 6.31. The number of amides is 1. The lowest BCUT2D eigenvalue weighted by atomic mass is 10.1. The molecule has 0 atom stereocenters. The number of fused-ring (bicyclic) bond motifs is 1. The highest BCUT2D eigenvalue weighted by Crippen LogP contribution is 2.31. The number of anilines is 2.